The van der Waals surface area contributed by atoms with Crippen molar-refractivity contribution in [2.75, 3.05) is 7.11 Å². The van der Waals surface area contributed by atoms with Crippen molar-refractivity contribution in [2.24, 2.45) is 0 Å². The second-order valence-corrected chi connectivity index (χ2v) is 7.70. The van der Waals surface area contributed by atoms with Gasteiger partial charge in [-0.1, -0.05) is 45.2 Å². The Kier molecular flexibility index (Phi) is 14.3. The molecule has 1 aliphatic rings. The summed E-state index contributed by atoms with van der Waals surface area (Å²) in [6, 6.07) is 7.16. The van der Waals surface area contributed by atoms with Gasteiger partial charge in [0.15, 0.2) is 0 Å². The number of hydrogen-bond acceptors (Lipinski definition) is 7. The molecule has 1 aliphatic carbocycles. The summed E-state index contributed by atoms with van der Waals surface area (Å²) in [5.41, 5.74) is 0.824. The molecule has 0 aliphatic heterocycles. The molecule has 1 aromatic carbocycles. The number of methoxy groups -OCH3 is 1. The largest absolute Gasteiger partial charge is 0.497 e. The van der Waals surface area contributed by atoms with Gasteiger partial charge in [-0.3, -0.25) is 4.79 Å². The van der Waals surface area contributed by atoms with Gasteiger partial charge in [-0.2, -0.15) is 0 Å². The minimum atomic E-state index is -0.704. The van der Waals surface area contributed by atoms with Gasteiger partial charge in [0.05, 0.1) is 13.5 Å². The van der Waals surface area contributed by atoms with Crippen LogP contribution in [0.15, 0.2) is 36.4 Å². The van der Waals surface area contributed by atoms with Crippen molar-refractivity contribution in [3.8, 4) is 5.75 Å². The third-order valence-corrected chi connectivity index (χ3v) is 5.02. The fourth-order valence-electron chi connectivity index (χ4n) is 3.33. The normalized spacial score (nSPS) is 15.3. The molecule has 0 N–H and O–H groups in total. The third kappa shape index (κ3) is 12.7. The number of benzene rings is 1. The molecule has 7 heteroatoms. The first-order valence-electron chi connectivity index (χ1n) is 11.8. The highest BCUT2D eigenvalue weighted by molar-refractivity contribution is 5.91. The van der Waals surface area contributed by atoms with E-state index in [1.54, 1.807) is 38.3 Å². The van der Waals surface area contributed by atoms with Gasteiger partial charge in [0.1, 0.15) is 24.6 Å². The van der Waals surface area contributed by atoms with E-state index in [0.29, 0.717) is 0 Å². The third-order valence-electron chi connectivity index (χ3n) is 5.02. The van der Waals surface area contributed by atoms with E-state index in [0.717, 1.165) is 62.0 Å². The molecular weight excluding hydrogens is 424 g/mol. The van der Waals surface area contributed by atoms with Gasteiger partial charge >= 0.3 is 17.9 Å². The summed E-state index contributed by atoms with van der Waals surface area (Å²) in [6.07, 6.45) is 8.65. The molecule has 0 aromatic heterocycles. The van der Waals surface area contributed by atoms with E-state index >= 15 is 0 Å². The first kappa shape index (κ1) is 28.2. The Labute approximate surface area is 197 Å². The minimum Gasteiger partial charge on any atom is -0.497 e. The van der Waals surface area contributed by atoms with E-state index in [1.807, 2.05) is 13.8 Å². The highest BCUT2D eigenvalue weighted by Gasteiger charge is 2.16. The van der Waals surface area contributed by atoms with Gasteiger partial charge in [-0.05, 0) is 50.3 Å². The zero-order valence-corrected chi connectivity index (χ0v) is 20.3. The summed E-state index contributed by atoms with van der Waals surface area (Å²) in [5.74, 6) is -1.01. The van der Waals surface area contributed by atoms with Gasteiger partial charge in [-0.25, -0.2) is 9.59 Å². The zero-order chi connectivity index (χ0) is 24.5. The average molecular weight is 463 g/mol. The van der Waals surface area contributed by atoms with Crippen LogP contribution in [-0.2, 0) is 35.2 Å². The lowest BCUT2D eigenvalue weighted by molar-refractivity contribution is -0.152. The molecule has 1 unspecified atom stereocenters. The molecule has 33 heavy (non-hydrogen) atoms. The van der Waals surface area contributed by atoms with Crippen molar-refractivity contribution in [2.45, 2.75) is 91.0 Å². The fraction of sp³-hybridized carbons (Fsp3) is 0.577. The quantitative estimate of drug-likeness (QED) is 0.279. The van der Waals surface area contributed by atoms with E-state index in [-0.39, 0.29) is 19.1 Å². The molecule has 2 rings (SSSR count). The average Bonchev–Trinajstić information content (AvgIpc) is 2.79. The van der Waals surface area contributed by atoms with E-state index in [4.69, 9.17) is 18.9 Å². The Bertz CT molecular complexity index is 732. The number of ether oxygens (including phenoxy) is 4. The summed E-state index contributed by atoms with van der Waals surface area (Å²) in [6.45, 7) is 5.71. The molecular formula is C26H38O7. The topological polar surface area (TPSA) is 88.1 Å². The van der Waals surface area contributed by atoms with Crippen molar-refractivity contribution in [1.29, 1.82) is 0 Å². The Morgan fingerprint density at radius 3 is 2.12 bits per heavy atom. The number of hydrogen-bond donors (Lipinski definition) is 0. The maximum Gasteiger partial charge on any atom is 0.331 e. The van der Waals surface area contributed by atoms with E-state index in [1.165, 1.54) is 6.42 Å². The summed E-state index contributed by atoms with van der Waals surface area (Å²) in [4.78, 5) is 35.8. The number of carbonyl (C=O) groups is 3. The van der Waals surface area contributed by atoms with Crippen molar-refractivity contribution in [3.05, 3.63) is 42.0 Å². The van der Waals surface area contributed by atoms with Gasteiger partial charge in [0.2, 0.25) is 0 Å². The van der Waals surface area contributed by atoms with Crippen LogP contribution < -0.4 is 4.74 Å². The lowest BCUT2D eigenvalue weighted by atomic mass is 9.99. The van der Waals surface area contributed by atoms with Crippen LogP contribution in [0.5, 0.6) is 5.75 Å². The Hall–Kier alpha value is -2.83. The van der Waals surface area contributed by atoms with Crippen LogP contribution in [0.2, 0.25) is 0 Å². The predicted octanol–water partition coefficient (Wildman–Crippen LogP) is 5.30. The monoisotopic (exact) mass is 462 g/mol. The zero-order valence-electron chi connectivity index (χ0n) is 20.3. The van der Waals surface area contributed by atoms with Crippen LogP contribution in [-0.4, -0.2) is 37.2 Å². The molecule has 7 nitrogen and oxygen atoms in total. The SMILES string of the molecule is CC.COc1ccc(COC(=O)CC(C)OC(=O)/C=C/C(=O)OC2CCCCCCC2)cc1. The molecule has 1 saturated carbocycles. The molecule has 1 fully saturated rings. The van der Waals surface area contributed by atoms with E-state index in [2.05, 4.69) is 0 Å². The second-order valence-electron chi connectivity index (χ2n) is 7.70. The van der Waals surface area contributed by atoms with Gasteiger partial charge in [0, 0.05) is 12.2 Å². The van der Waals surface area contributed by atoms with Crippen LogP contribution in [0, 0.1) is 0 Å². The Morgan fingerprint density at radius 1 is 0.939 bits per heavy atom. The molecule has 0 amide bonds. The van der Waals surface area contributed by atoms with Crippen molar-refractivity contribution < 1.29 is 33.3 Å². The highest BCUT2D eigenvalue weighted by Crippen LogP contribution is 2.19. The molecule has 0 spiro atoms. The van der Waals surface area contributed by atoms with Crippen LogP contribution in [0.25, 0.3) is 0 Å². The molecule has 1 atom stereocenters. The second kappa shape index (κ2) is 16.8. The summed E-state index contributed by atoms with van der Waals surface area (Å²) in [5, 5.41) is 0. The summed E-state index contributed by atoms with van der Waals surface area (Å²) >= 11 is 0. The smallest absolute Gasteiger partial charge is 0.331 e. The van der Waals surface area contributed by atoms with Crippen molar-refractivity contribution in [1.82, 2.24) is 0 Å². The van der Waals surface area contributed by atoms with Crippen molar-refractivity contribution >= 4 is 17.9 Å². The standard InChI is InChI=1S/C24H32O7.C2H6/c1-18(16-24(27)29-17-19-10-12-20(28-2)13-11-19)30-22(25)14-15-23(26)31-21-8-6-4-3-5-7-9-21;1-2/h10-15,18,21H,3-9,16-17H2,1-2H3;1-2H3/b15-14+;. The van der Waals surface area contributed by atoms with Gasteiger partial charge < -0.3 is 18.9 Å². The molecule has 0 saturated heterocycles. The number of esters is 3. The molecule has 0 radical (unpaired) electrons. The number of rotatable bonds is 9. The van der Waals surface area contributed by atoms with Gasteiger partial charge in [0.25, 0.3) is 0 Å². The lowest BCUT2D eigenvalue weighted by Gasteiger charge is -2.19. The Morgan fingerprint density at radius 2 is 1.52 bits per heavy atom. The summed E-state index contributed by atoms with van der Waals surface area (Å²) in [7, 11) is 1.58. The van der Waals surface area contributed by atoms with Crippen LogP contribution in [0.3, 0.4) is 0 Å². The van der Waals surface area contributed by atoms with Crippen LogP contribution in [0.4, 0.5) is 0 Å². The van der Waals surface area contributed by atoms with Gasteiger partial charge in [-0.15, -0.1) is 0 Å². The summed E-state index contributed by atoms with van der Waals surface area (Å²) < 4.78 is 20.8. The lowest BCUT2D eigenvalue weighted by Crippen LogP contribution is -2.20. The number of carbonyl (C=O) groups excluding carboxylic acids is 3. The Balaban J connectivity index is 0.00000265. The molecule has 1 aromatic rings. The highest BCUT2D eigenvalue weighted by atomic mass is 16.6. The fourth-order valence-corrected chi connectivity index (χ4v) is 3.33. The molecule has 0 bridgehead atoms. The maximum absolute atomic E-state index is 11.9. The first-order chi connectivity index (χ1) is 16.0. The molecule has 0 heterocycles. The van der Waals surface area contributed by atoms with Crippen molar-refractivity contribution in [3.63, 3.8) is 0 Å². The van der Waals surface area contributed by atoms with Crippen LogP contribution in [0.1, 0.15) is 77.7 Å². The molecule has 184 valence electrons. The first-order valence-corrected chi connectivity index (χ1v) is 11.8. The predicted molar refractivity (Wildman–Crippen MR) is 126 cm³/mol. The maximum atomic E-state index is 11.9. The minimum absolute atomic E-state index is 0.0811. The van der Waals surface area contributed by atoms with E-state index in [9.17, 15) is 14.4 Å². The van der Waals surface area contributed by atoms with E-state index < -0.39 is 24.0 Å². The van der Waals surface area contributed by atoms with Crippen LogP contribution >= 0.6 is 0 Å².